The maximum absolute atomic E-state index is 12.5. The summed E-state index contributed by atoms with van der Waals surface area (Å²) in [6.07, 6.45) is 1.40. The fraction of sp³-hybridized carbons (Fsp3) is 0.0500. The predicted octanol–water partition coefficient (Wildman–Crippen LogP) is 3.10. The molecule has 0 aliphatic heterocycles. The number of amides is 1. The van der Waals surface area contributed by atoms with Crippen LogP contribution in [0.25, 0.3) is 0 Å². The summed E-state index contributed by atoms with van der Waals surface area (Å²) in [5, 5.41) is 5.54. The molecule has 0 saturated heterocycles. The molecule has 0 saturated carbocycles. The predicted molar refractivity (Wildman–Crippen MR) is 114 cm³/mol. The minimum absolute atomic E-state index is 0.121. The molecule has 30 heavy (non-hydrogen) atoms. The first-order chi connectivity index (χ1) is 14.4. The van der Waals surface area contributed by atoms with E-state index in [9.17, 15) is 18.0 Å². The number of hydrogen-bond donors (Lipinski definition) is 2. The molecule has 3 aromatic rings. The lowest BCUT2D eigenvalue weighted by Crippen LogP contribution is -2.21. The van der Waals surface area contributed by atoms with Gasteiger partial charge in [-0.2, -0.15) is 5.10 Å². The Hall–Kier alpha value is -3.50. The van der Waals surface area contributed by atoms with Crippen LogP contribution in [0.3, 0.4) is 0 Å². The Labute approximate surface area is 177 Å². The zero-order valence-corrected chi connectivity index (χ0v) is 17.4. The van der Waals surface area contributed by atoms with Crippen molar-refractivity contribution in [2.24, 2.45) is 5.10 Å². The van der Waals surface area contributed by atoms with Crippen LogP contribution < -0.4 is 10.1 Å². The fourth-order valence-corrected chi connectivity index (χ4v) is 4.50. The molecule has 8 nitrogen and oxygen atoms in total. The van der Waals surface area contributed by atoms with Gasteiger partial charge in [0.05, 0.1) is 30.1 Å². The van der Waals surface area contributed by atoms with Crippen LogP contribution in [0.15, 0.2) is 75.4 Å². The monoisotopic (exact) mass is 443 g/mol. The van der Waals surface area contributed by atoms with E-state index in [2.05, 4.69) is 20.0 Å². The lowest BCUT2D eigenvalue weighted by molar-refractivity contribution is 0.0600. The Morgan fingerprint density at radius 2 is 1.77 bits per heavy atom. The van der Waals surface area contributed by atoms with Crippen molar-refractivity contribution in [1.82, 2.24) is 5.43 Å². The van der Waals surface area contributed by atoms with E-state index in [1.807, 2.05) is 0 Å². The molecule has 0 spiro atoms. The number of nitrogens with zero attached hydrogens (tertiary/aromatic N) is 1. The molecule has 1 aromatic heterocycles. The van der Waals surface area contributed by atoms with Gasteiger partial charge >= 0.3 is 5.97 Å². The zero-order chi connectivity index (χ0) is 21.6. The molecule has 0 unspecified atom stereocenters. The SMILES string of the molecule is COC(=O)c1ccc(/C=N\NC(=O)c2ccccc2NS(=O)(=O)c2cccs2)cc1. The maximum atomic E-state index is 12.5. The summed E-state index contributed by atoms with van der Waals surface area (Å²) in [4.78, 5) is 23.9. The molecular formula is C20H17N3O5S2. The average molecular weight is 444 g/mol. The number of thiophene rings is 1. The second-order valence-corrected chi connectivity index (χ2v) is 8.75. The molecule has 0 radical (unpaired) electrons. The van der Waals surface area contributed by atoms with Crippen LogP contribution in [-0.4, -0.2) is 33.6 Å². The molecule has 0 bridgehead atoms. The first kappa shape index (κ1) is 21.2. The lowest BCUT2D eigenvalue weighted by atomic mass is 10.1. The maximum Gasteiger partial charge on any atom is 0.337 e. The van der Waals surface area contributed by atoms with Gasteiger partial charge in [-0.05, 0) is 41.3 Å². The van der Waals surface area contributed by atoms with E-state index < -0.39 is 21.9 Å². The number of hydrogen-bond acceptors (Lipinski definition) is 7. The van der Waals surface area contributed by atoms with Gasteiger partial charge in [0.2, 0.25) is 0 Å². The quantitative estimate of drug-likeness (QED) is 0.331. The number of para-hydroxylation sites is 1. The second kappa shape index (κ2) is 9.33. The van der Waals surface area contributed by atoms with Gasteiger partial charge in [0.1, 0.15) is 4.21 Å². The van der Waals surface area contributed by atoms with Crippen molar-refractivity contribution < 1.29 is 22.7 Å². The van der Waals surface area contributed by atoms with Crippen molar-refractivity contribution in [3.63, 3.8) is 0 Å². The molecule has 2 aromatic carbocycles. The molecule has 2 N–H and O–H groups in total. The van der Waals surface area contributed by atoms with Crippen molar-refractivity contribution in [2.75, 3.05) is 11.8 Å². The number of nitrogens with one attached hydrogen (secondary N) is 2. The summed E-state index contributed by atoms with van der Waals surface area (Å²) in [6.45, 7) is 0. The van der Waals surface area contributed by atoms with Gasteiger partial charge in [-0.15, -0.1) is 11.3 Å². The average Bonchev–Trinajstić information content (AvgIpc) is 3.30. The van der Waals surface area contributed by atoms with Gasteiger partial charge in [-0.25, -0.2) is 18.6 Å². The van der Waals surface area contributed by atoms with Crippen molar-refractivity contribution in [3.8, 4) is 0 Å². The van der Waals surface area contributed by atoms with E-state index in [4.69, 9.17) is 0 Å². The number of hydrazone groups is 1. The third kappa shape index (κ3) is 5.10. The number of benzene rings is 2. The molecule has 1 heterocycles. The normalized spacial score (nSPS) is 11.2. The summed E-state index contributed by atoms with van der Waals surface area (Å²) >= 11 is 1.08. The van der Waals surface area contributed by atoms with Gasteiger partial charge < -0.3 is 4.74 Å². The number of esters is 1. The highest BCUT2D eigenvalue weighted by Crippen LogP contribution is 2.22. The number of anilines is 1. The first-order valence-corrected chi connectivity index (χ1v) is 10.9. The minimum atomic E-state index is -3.79. The van der Waals surface area contributed by atoms with E-state index in [0.29, 0.717) is 11.1 Å². The lowest BCUT2D eigenvalue weighted by Gasteiger charge is -2.10. The van der Waals surface area contributed by atoms with Gasteiger partial charge in [-0.1, -0.05) is 30.3 Å². The fourth-order valence-electron chi connectivity index (χ4n) is 2.43. The largest absolute Gasteiger partial charge is 0.465 e. The number of rotatable bonds is 7. The molecule has 0 aliphatic rings. The molecule has 0 atom stereocenters. The smallest absolute Gasteiger partial charge is 0.337 e. The summed E-state index contributed by atoms with van der Waals surface area (Å²) in [6, 6.07) is 15.8. The highest BCUT2D eigenvalue weighted by molar-refractivity contribution is 7.94. The van der Waals surface area contributed by atoms with Crippen molar-refractivity contribution >= 4 is 45.1 Å². The van der Waals surface area contributed by atoms with E-state index in [1.54, 1.807) is 47.8 Å². The number of methoxy groups -OCH3 is 1. The second-order valence-electron chi connectivity index (χ2n) is 5.90. The van der Waals surface area contributed by atoms with Gasteiger partial charge in [-0.3, -0.25) is 9.52 Å². The molecule has 0 aliphatic carbocycles. The topological polar surface area (TPSA) is 114 Å². The van der Waals surface area contributed by atoms with Crippen LogP contribution >= 0.6 is 11.3 Å². The van der Waals surface area contributed by atoms with Gasteiger partial charge in [0.25, 0.3) is 15.9 Å². The Balaban J connectivity index is 1.70. The Morgan fingerprint density at radius 3 is 2.43 bits per heavy atom. The van der Waals surface area contributed by atoms with Crippen LogP contribution in [0.2, 0.25) is 0 Å². The summed E-state index contributed by atoms with van der Waals surface area (Å²) in [5.74, 6) is -1.03. The third-order valence-electron chi connectivity index (χ3n) is 3.89. The van der Waals surface area contributed by atoms with Gasteiger partial charge in [0.15, 0.2) is 0 Å². The van der Waals surface area contributed by atoms with Gasteiger partial charge in [0, 0.05) is 0 Å². The number of ether oxygens (including phenoxy) is 1. The van der Waals surface area contributed by atoms with E-state index in [-0.39, 0.29) is 15.5 Å². The Bertz CT molecular complexity index is 1170. The number of carbonyl (C=O) groups excluding carboxylic acids is 2. The molecule has 10 heteroatoms. The summed E-state index contributed by atoms with van der Waals surface area (Å²) in [7, 11) is -2.49. The number of carbonyl (C=O) groups is 2. The molecular weight excluding hydrogens is 426 g/mol. The Morgan fingerprint density at radius 1 is 1.03 bits per heavy atom. The van der Waals surface area contributed by atoms with Crippen LogP contribution in [0, 0.1) is 0 Å². The molecule has 3 rings (SSSR count). The van der Waals surface area contributed by atoms with E-state index >= 15 is 0 Å². The zero-order valence-electron chi connectivity index (χ0n) is 15.7. The van der Waals surface area contributed by atoms with Crippen LogP contribution in [0.4, 0.5) is 5.69 Å². The highest BCUT2D eigenvalue weighted by atomic mass is 32.2. The number of sulfonamides is 1. The van der Waals surface area contributed by atoms with E-state index in [0.717, 1.165) is 11.3 Å². The minimum Gasteiger partial charge on any atom is -0.465 e. The van der Waals surface area contributed by atoms with Crippen molar-refractivity contribution in [2.45, 2.75) is 4.21 Å². The van der Waals surface area contributed by atoms with Crippen molar-refractivity contribution in [1.29, 1.82) is 0 Å². The van der Waals surface area contributed by atoms with Crippen molar-refractivity contribution in [3.05, 3.63) is 82.7 Å². The summed E-state index contributed by atoms with van der Waals surface area (Å²) < 4.78 is 32.1. The molecule has 0 fully saturated rings. The molecule has 1 amide bonds. The molecule has 154 valence electrons. The summed E-state index contributed by atoms with van der Waals surface area (Å²) in [5.41, 5.74) is 3.67. The first-order valence-electron chi connectivity index (χ1n) is 8.58. The van der Waals surface area contributed by atoms with Crippen LogP contribution in [-0.2, 0) is 14.8 Å². The van der Waals surface area contributed by atoms with Crippen LogP contribution in [0.5, 0.6) is 0 Å². The third-order valence-corrected chi connectivity index (χ3v) is 6.65. The van der Waals surface area contributed by atoms with Crippen LogP contribution in [0.1, 0.15) is 26.3 Å². The standard InChI is InChI=1S/C20H17N3O5S2/c1-28-20(25)15-10-8-14(9-11-15)13-21-22-19(24)16-5-2-3-6-17(16)23-30(26,27)18-7-4-12-29-18/h2-13,23H,1H3,(H,22,24)/b21-13-. The van der Waals surface area contributed by atoms with E-state index in [1.165, 1.54) is 31.5 Å². The highest BCUT2D eigenvalue weighted by Gasteiger charge is 2.19. The Kier molecular flexibility index (Phi) is 6.60.